The summed E-state index contributed by atoms with van der Waals surface area (Å²) in [5.74, 6) is -1.38. The zero-order valence-corrected chi connectivity index (χ0v) is 19.9. The van der Waals surface area contributed by atoms with Gasteiger partial charge in [0, 0.05) is 0 Å². The van der Waals surface area contributed by atoms with Crippen LogP contribution in [0.2, 0.25) is 10.0 Å². The molecule has 0 atom stereocenters. The number of nitro benzene ring substituents is 4. The molecule has 0 radical (unpaired) electrons. The first-order valence-electron chi connectivity index (χ1n) is 9.18. The standard InChI is InChI=1S/C18H16Cl2N4O8S/c1-7(2)13-15(21(25)26)9(19)5-11(17(13)23(29)30)33-12-6-10(20)16(22(27)28)14(8(3)4)18(12)24(31)32/h5-8H,1-4H3. The van der Waals surface area contributed by atoms with Gasteiger partial charge in [0.1, 0.15) is 21.2 Å². The SMILES string of the molecule is CC(C)c1c([N+](=O)[O-])c(Cl)cc(Sc2cc(Cl)c([N+](=O)[O-])c(C(C)C)c2[N+](=O)[O-])c1[N+](=O)[O-]. The molecule has 0 aromatic heterocycles. The van der Waals surface area contributed by atoms with Gasteiger partial charge in [0.25, 0.3) is 22.7 Å². The van der Waals surface area contributed by atoms with E-state index in [1.807, 2.05) is 0 Å². The number of halogens is 2. The Hall–Kier alpha value is -3.03. The summed E-state index contributed by atoms with van der Waals surface area (Å²) in [7, 11) is 0. The van der Waals surface area contributed by atoms with Crippen molar-refractivity contribution in [1.82, 2.24) is 0 Å². The molecule has 0 amide bonds. The van der Waals surface area contributed by atoms with Crippen LogP contribution in [0.25, 0.3) is 0 Å². The summed E-state index contributed by atoms with van der Waals surface area (Å²) < 4.78 is 0. The third kappa shape index (κ3) is 4.99. The molecule has 0 aliphatic carbocycles. The van der Waals surface area contributed by atoms with Crippen LogP contribution in [0.3, 0.4) is 0 Å². The highest BCUT2D eigenvalue weighted by molar-refractivity contribution is 7.99. The Labute approximate surface area is 200 Å². The lowest BCUT2D eigenvalue weighted by Gasteiger charge is -2.14. The van der Waals surface area contributed by atoms with E-state index in [4.69, 9.17) is 23.2 Å². The number of nitro groups is 4. The number of benzene rings is 2. The molecule has 0 saturated carbocycles. The maximum absolute atomic E-state index is 11.9. The first-order valence-corrected chi connectivity index (χ1v) is 10.8. The molecule has 2 aromatic carbocycles. The maximum atomic E-state index is 11.9. The van der Waals surface area contributed by atoms with Gasteiger partial charge in [-0.25, -0.2) is 0 Å². The van der Waals surface area contributed by atoms with E-state index >= 15 is 0 Å². The molecule has 33 heavy (non-hydrogen) atoms. The van der Waals surface area contributed by atoms with E-state index < -0.39 is 64.3 Å². The van der Waals surface area contributed by atoms with Gasteiger partial charge in [0.15, 0.2) is 0 Å². The fraction of sp³-hybridized carbons (Fsp3) is 0.333. The van der Waals surface area contributed by atoms with Crippen LogP contribution in [0, 0.1) is 40.5 Å². The highest BCUT2D eigenvalue weighted by Gasteiger charge is 2.38. The van der Waals surface area contributed by atoms with E-state index in [2.05, 4.69) is 0 Å². The molecule has 0 heterocycles. The van der Waals surface area contributed by atoms with Crippen LogP contribution in [-0.4, -0.2) is 19.7 Å². The first-order chi connectivity index (χ1) is 15.2. The number of nitrogens with zero attached hydrogens (tertiary/aromatic N) is 4. The third-order valence-electron chi connectivity index (χ3n) is 4.56. The quantitative estimate of drug-likeness (QED) is 0.262. The van der Waals surface area contributed by atoms with Gasteiger partial charge < -0.3 is 0 Å². The molecule has 0 aliphatic rings. The smallest absolute Gasteiger partial charge is 0.258 e. The van der Waals surface area contributed by atoms with Crippen LogP contribution < -0.4 is 0 Å². The van der Waals surface area contributed by atoms with Crippen molar-refractivity contribution in [2.24, 2.45) is 0 Å². The van der Waals surface area contributed by atoms with Gasteiger partial charge in [0.2, 0.25) is 0 Å². The third-order valence-corrected chi connectivity index (χ3v) is 6.20. The molecule has 15 heteroatoms. The molecule has 2 aromatic rings. The Morgan fingerprint density at radius 3 is 1.12 bits per heavy atom. The Kier molecular flexibility index (Phi) is 7.83. The van der Waals surface area contributed by atoms with E-state index in [0.29, 0.717) is 11.8 Å². The fourth-order valence-electron chi connectivity index (χ4n) is 3.37. The monoisotopic (exact) mass is 518 g/mol. The van der Waals surface area contributed by atoms with Crippen LogP contribution in [0.1, 0.15) is 50.7 Å². The minimum atomic E-state index is -0.832. The summed E-state index contributed by atoms with van der Waals surface area (Å²) in [5.41, 5.74) is -3.05. The summed E-state index contributed by atoms with van der Waals surface area (Å²) in [6.45, 7) is 6.01. The lowest BCUT2D eigenvalue weighted by atomic mass is 9.99. The molecule has 0 aliphatic heterocycles. The minimum Gasteiger partial charge on any atom is -0.258 e. The topological polar surface area (TPSA) is 173 Å². The van der Waals surface area contributed by atoms with Crippen LogP contribution in [0.4, 0.5) is 22.7 Å². The Bertz CT molecular complexity index is 1110. The second-order valence-corrected chi connectivity index (χ2v) is 9.27. The van der Waals surface area contributed by atoms with Gasteiger partial charge in [-0.1, -0.05) is 62.7 Å². The van der Waals surface area contributed by atoms with Gasteiger partial charge in [-0.05, 0) is 24.0 Å². The number of hydrogen-bond donors (Lipinski definition) is 0. The van der Waals surface area contributed by atoms with Crippen molar-refractivity contribution in [2.45, 2.75) is 49.3 Å². The van der Waals surface area contributed by atoms with Crippen molar-refractivity contribution in [3.05, 3.63) is 73.8 Å². The van der Waals surface area contributed by atoms with Crippen LogP contribution in [-0.2, 0) is 0 Å². The lowest BCUT2D eigenvalue weighted by molar-refractivity contribution is -0.397. The lowest BCUT2D eigenvalue weighted by Crippen LogP contribution is -2.07. The zero-order valence-electron chi connectivity index (χ0n) is 17.5. The molecule has 176 valence electrons. The molecule has 0 fully saturated rings. The normalized spacial score (nSPS) is 11.2. The van der Waals surface area contributed by atoms with Crippen molar-refractivity contribution in [2.75, 3.05) is 0 Å². The number of hydrogen-bond acceptors (Lipinski definition) is 9. The second-order valence-electron chi connectivity index (χ2n) is 7.37. The van der Waals surface area contributed by atoms with Gasteiger partial charge in [-0.2, -0.15) is 0 Å². The maximum Gasteiger partial charge on any atom is 0.298 e. The van der Waals surface area contributed by atoms with E-state index in [1.165, 1.54) is 27.7 Å². The molecule has 0 N–H and O–H groups in total. The molecule has 0 unspecified atom stereocenters. The van der Waals surface area contributed by atoms with Crippen LogP contribution in [0.5, 0.6) is 0 Å². The summed E-state index contributed by atoms with van der Waals surface area (Å²) in [6, 6.07) is 1.95. The fourth-order valence-corrected chi connectivity index (χ4v) is 5.21. The van der Waals surface area contributed by atoms with E-state index in [9.17, 15) is 40.5 Å². The summed E-state index contributed by atoms with van der Waals surface area (Å²) in [6.07, 6.45) is 0. The minimum absolute atomic E-state index is 0.206. The highest BCUT2D eigenvalue weighted by atomic mass is 35.5. The van der Waals surface area contributed by atoms with E-state index in [1.54, 1.807) is 0 Å². The predicted molar refractivity (Wildman–Crippen MR) is 122 cm³/mol. The van der Waals surface area contributed by atoms with Gasteiger partial charge in [-0.15, -0.1) is 0 Å². The molecular formula is C18H16Cl2N4O8S. The Morgan fingerprint density at radius 2 is 0.909 bits per heavy atom. The van der Waals surface area contributed by atoms with E-state index in [-0.39, 0.29) is 20.9 Å². The van der Waals surface area contributed by atoms with Crippen molar-refractivity contribution >= 4 is 57.7 Å². The van der Waals surface area contributed by atoms with Gasteiger partial charge >= 0.3 is 0 Å². The predicted octanol–water partition coefficient (Wildman–Crippen LogP) is 7.02. The largest absolute Gasteiger partial charge is 0.298 e. The highest BCUT2D eigenvalue weighted by Crippen LogP contribution is 2.51. The van der Waals surface area contributed by atoms with Gasteiger partial charge in [-0.3, -0.25) is 40.5 Å². The molecule has 0 bridgehead atoms. The average molecular weight is 519 g/mol. The molecule has 12 nitrogen and oxygen atoms in total. The van der Waals surface area contributed by atoms with Gasteiger partial charge in [0.05, 0.1) is 29.5 Å². The molecule has 0 saturated heterocycles. The van der Waals surface area contributed by atoms with E-state index in [0.717, 1.165) is 12.1 Å². The Morgan fingerprint density at radius 1 is 0.636 bits per heavy atom. The van der Waals surface area contributed by atoms with Crippen LogP contribution >= 0.6 is 35.0 Å². The average Bonchev–Trinajstić information content (AvgIpc) is 2.65. The summed E-state index contributed by atoms with van der Waals surface area (Å²) in [4.78, 5) is 43.1. The van der Waals surface area contributed by atoms with Crippen molar-refractivity contribution < 1.29 is 19.7 Å². The van der Waals surface area contributed by atoms with Crippen LogP contribution in [0.15, 0.2) is 21.9 Å². The van der Waals surface area contributed by atoms with Crippen molar-refractivity contribution in [1.29, 1.82) is 0 Å². The number of rotatable bonds is 8. The molecule has 0 spiro atoms. The molecular weight excluding hydrogens is 503 g/mol. The Balaban J connectivity index is 2.97. The van der Waals surface area contributed by atoms with Crippen molar-refractivity contribution in [3.8, 4) is 0 Å². The second kappa shape index (κ2) is 9.85. The zero-order chi connectivity index (χ0) is 25.4. The summed E-state index contributed by atoms with van der Waals surface area (Å²) in [5, 5.41) is 46.1. The van der Waals surface area contributed by atoms with Crippen molar-refractivity contribution in [3.63, 3.8) is 0 Å². The first kappa shape index (κ1) is 26.2. The molecule has 2 rings (SSSR count). The summed E-state index contributed by atoms with van der Waals surface area (Å²) >= 11 is 12.7.